The van der Waals surface area contributed by atoms with E-state index in [-0.39, 0.29) is 35.4 Å². The van der Waals surface area contributed by atoms with E-state index in [1.807, 2.05) is 0 Å². The molecule has 1 saturated carbocycles. The standard InChI is InChI=1S/C21H28FN3O3/c1-14-13-25(20(27)24-17-6-4-16(22)5-7-17)11-10-21(14)9-8-18(28-21)19(26)23-12-15-2-3-15/h4-7,14-15,18H,2-3,8-13H2,1H3,(H,23,26)(H,24,27)/t14-,18-,21+/m1/s1. The summed E-state index contributed by atoms with van der Waals surface area (Å²) in [6.07, 6.45) is 4.36. The lowest BCUT2D eigenvalue weighted by Gasteiger charge is -2.44. The van der Waals surface area contributed by atoms with Gasteiger partial charge in [-0.15, -0.1) is 0 Å². The van der Waals surface area contributed by atoms with E-state index in [1.165, 1.54) is 25.0 Å². The summed E-state index contributed by atoms with van der Waals surface area (Å²) in [7, 11) is 0. The van der Waals surface area contributed by atoms with Crippen LogP contribution in [0, 0.1) is 17.7 Å². The first-order valence-electron chi connectivity index (χ1n) is 10.2. The van der Waals surface area contributed by atoms with Gasteiger partial charge in [0.1, 0.15) is 11.9 Å². The fraction of sp³-hybridized carbons (Fsp3) is 0.619. The fourth-order valence-corrected chi connectivity index (χ4v) is 4.27. The first kappa shape index (κ1) is 19.2. The zero-order chi connectivity index (χ0) is 19.7. The van der Waals surface area contributed by atoms with Gasteiger partial charge in [-0.25, -0.2) is 9.18 Å². The van der Waals surface area contributed by atoms with Gasteiger partial charge in [0.15, 0.2) is 0 Å². The molecule has 0 unspecified atom stereocenters. The number of amides is 3. The summed E-state index contributed by atoms with van der Waals surface area (Å²) in [6.45, 7) is 4.00. The molecule has 7 heteroatoms. The highest BCUT2D eigenvalue weighted by Crippen LogP contribution is 2.42. The van der Waals surface area contributed by atoms with Gasteiger partial charge in [0, 0.05) is 31.2 Å². The predicted molar refractivity (Wildman–Crippen MR) is 103 cm³/mol. The van der Waals surface area contributed by atoms with Gasteiger partial charge in [-0.2, -0.15) is 0 Å². The van der Waals surface area contributed by atoms with E-state index >= 15 is 0 Å². The number of halogens is 1. The highest BCUT2D eigenvalue weighted by molar-refractivity contribution is 5.89. The number of carbonyl (C=O) groups is 2. The van der Waals surface area contributed by atoms with Crippen LogP contribution in [0.25, 0.3) is 0 Å². The molecule has 1 aromatic rings. The lowest BCUT2D eigenvalue weighted by molar-refractivity contribution is -0.146. The van der Waals surface area contributed by atoms with Gasteiger partial charge in [0.2, 0.25) is 5.91 Å². The maximum Gasteiger partial charge on any atom is 0.321 e. The number of nitrogens with zero attached hydrogens (tertiary/aromatic N) is 1. The molecule has 1 aromatic carbocycles. The molecule has 152 valence electrons. The van der Waals surface area contributed by atoms with Crippen molar-refractivity contribution >= 4 is 17.6 Å². The summed E-state index contributed by atoms with van der Waals surface area (Å²) >= 11 is 0. The average molecular weight is 389 g/mol. The van der Waals surface area contributed by atoms with E-state index in [0.717, 1.165) is 25.8 Å². The average Bonchev–Trinajstić information content (AvgIpc) is 3.42. The lowest BCUT2D eigenvalue weighted by Crippen LogP contribution is -2.54. The van der Waals surface area contributed by atoms with Gasteiger partial charge >= 0.3 is 6.03 Å². The SMILES string of the molecule is C[C@@H]1CN(C(=O)Nc2ccc(F)cc2)CC[C@@]12CC[C@H](C(=O)NCC1CC1)O2. The van der Waals surface area contributed by atoms with Crippen LogP contribution in [0.3, 0.4) is 0 Å². The molecule has 3 atom stereocenters. The van der Waals surface area contributed by atoms with E-state index in [2.05, 4.69) is 17.6 Å². The zero-order valence-electron chi connectivity index (χ0n) is 16.2. The molecule has 4 rings (SSSR count). The Morgan fingerprint density at radius 1 is 1.21 bits per heavy atom. The molecule has 3 amide bonds. The van der Waals surface area contributed by atoms with Crippen molar-refractivity contribution in [3.8, 4) is 0 Å². The molecule has 3 fully saturated rings. The Balaban J connectivity index is 1.30. The van der Waals surface area contributed by atoms with Crippen molar-refractivity contribution in [1.29, 1.82) is 0 Å². The summed E-state index contributed by atoms with van der Waals surface area (Å²) < 4.78 is 19.3. The monoisotopic (exact) mass is 389 g/mol. The number of carbonyl (C=O) groups excluding carboxylic acids is 2. The van der Waals surface area contributed by atoms with Gasteiger partial charge in [-0.1, -0.05) is 6.92 Å². The third-order valence-electron chi connectivity index (χ3n) is 6.34. The zero-order valence-corrected chi connectivity index (χ0v) is 16.2. The number of hydrogen-bond acceptors (Lipinski definition) is 3. The van der Waals surface area contributed by atoms with E-state index in [4.69, 9.17) is 4.74 Å². The number of likely N-dealkylation sites (tertiary alicyclic amines) is 1. The molecule has 0 radical (unpaired) electrons. The van der Waals surface area contributed by atoms with E-state index in [1.54, 1.807) is 17.0 Å². The minimum absolute atomic E-state index is 0.00691. The number of ether oxygens (including phenoxy) is 1. The maximum atomic E-state index is 13.0. The van der Waals surface area contributed by atoms with Crippen LogP contribution < -0.4 is 10.6 Å². The Hall–Kier alpha value is -2.15. The fourth-order valence-electron chi connectivity index (χ4n) is 4.27. The Kier molecular flexibility index (Phi) is 5.27. The van der Waals surface area contributed by atoms with E-state index < -0.39 is 0 Å². The second-order valence-electron chi connectivity index (χ2n) is 8.43. The third kappa shape index (κ3) is 4.14. The Morgan fingerprint density at radius 3 is 2.64 bits per heavy atom. The van der Waals surface area contributed by atoms with Gasteiger partial charge in [-0.05, 0) is 62.3 Å². The largest absolute Gasteiger partial charge is 0.362 e. The lowest BCUT2D eigenvalue weighted by atomic mass is 9.80. The summed E-state index contributed by atoms with van der Waals surface area (Å²) in [5, 5.41) is 5.83. The molecular formula is C21H28FN3O3. The van der Waals surface area contributed by atoms with Crippen molar-refractivity contribution in [3.63, 3.8) is 0 Å². The molecule has 2 heterocycles. The number of urea groups is 1. The minimum Gasteiger partial charge on any atom is -0.362 e. The van der Waals surface area contributed by atoms with Crippen LogP contribution in [0.5, 0.6) is 0 Å². The number of nitrogens with one attached hydrogen (secondary N) is 2. The van der Waals surface area contributed by atoms with Crippen LogP contribution in [-0.2, 0) is 9.53 Å². The highest BCUT2D eigenvalue weighted by atomic mass is 19.1. The number of benzene rings is 1. The van der Waals surface area contributed by atoms with Crippen LogP contribution in [0.15, 0.2) is 24.3 Å². The third-order valence-corrected chi connectivity index (χ3v) is 6.34. The van der Waals surface area contributed by atoms with Crippen LogP contribution in [0.1, 0.15) is 39.0 Å². The van der Waals surface area contributed by atoms with Crippen molar-refractivity contribution in [2.45, 2.75) is 50.7 Å². The quantitative estimate of drug-likeness (QED) is 0.831. The Morgan fingerprint density at radius 2 is 1.96 bits per heavy atom. The van der Waals surface area contributed by atoms with Crippen LogP contribution in [0.4, 0.5) is 14.9 Å². The molecule has 1 aliphatic carbocycles. The summed E-state index contributed by atoms with van der Waals surface area (Å²) in [5.41, 5.74) is 0.248. The van der Waals surface area contributed by atoms with Crippen LogP contribution >= 0.6 is 0 Å². The molecular weight excluding hydrogens is 361 g/mol. The second kappa shape index (κ2) is 7.70. The van der Waals surface area contributed by atoms with Crippen LogP contribution in [0.2, 0.25) is 0 Å². The predicted octanol–water partition coefficient (Wildman–Crippen LogP) is 3.14. The normalized spacial score (nSPS) is 29.7. The summed E-state index contributed by atoms with van der Waals surface area (Å²) in [6, 6.07) is 5.55. The molecule has 0 aromatic heterocycles. The van der Waals surface area contributed by atoms with Crippen molar-refractivity contribution in [3.05, 3.63) is 30.1 Å². The van der Waals surface area contributed by atoms with E-state index in [9.17, 15) is 14.0 Å². The molecule has 2 N–H and O–H groups in total. The van der Waals surface area contributed by atoms with Crippen molar-refractivity contribution in [2.75, 3.05) is 25.0 Å². The molecule has 2 saturated heterocycles. The molecule has 28 heavy (non-hydrogen) atoms. The molecule has 1 spiro atoms. The van der Waals surface area contributed by atoms with Crippen molar-refractivity contribution in [2.24, 2.45) is 11.8 Å². The van der Waals surface area contributed by atoms with Crippen LogP contribution in [-0.4, -0.2) is 48.2 Å². The van der Waals surface area contributed by atoms with Crippen molar-refractivity contribution < 1.29 is 18.7 Å². The summed E-state index contributed by atoms with van der Waals surface area (Å²) in [4.78, 5) is 26.7. The van der Waals surface area contributed by atoms with Gasteiger partial charge in [0.05, 0.1) is 5.60 Å². The first-order valence-corrected chi connectivity index (χ1v) is 10.2. The summed E-state index contributed by atoms with van der Waals surface area (Å²) in [5.74, 6) is 0.468. The maximum absolute atomic E-state index is 13.0. The Labute approximate surface area is 164 Å². The number of anilines is 1. The molecule has 6 nitrogen and oxygen atoms in total. The molecule has 3 aliphatic rings. The molecule has 0 bridgehead atoms. The van der Waals surface area contributed by atoms with E-state index in [0.29, 0.717) is 24.7 Å². The highest BCUT2D eigenvalue weighted by Gasteiger charge is 2.49. The first-order chi connectivity index (χ1) is 13.4. The number of piperidine rings is 1. The number of rotatable bonds is 4. The van der Waals surface area contributed by atoms with Crippen molar-refractivity contribution in [1.82, 2.24) is 10.2 Å². The smallest absolute Gasteiger partial charge is 0.321 e. The minimum atomic E-state index is -0.374. The second-order valence-corrected chi connectivity index (χ2v) is 8.43. The topological polar surface area (TPSA) is 70.7 Å². The van der Waals surface area contributed by atoms with Gasteiger partial charge in [0.25, 0.3) is 0 Å². The molecule has 2 aliphatic heterocycles. The van der Waals surface area contributed by atoms with Gasteiger partial charge in [-0.3, -0.25) is 4.79 Å². The Bertz CT molecular complexity index is 737. The number of hydrogen-bond donors (Lipinski definition) is 2. The van der Waals surface area contributed by atoms with Gasteiger partial charge < -0.3 is 20.3 Å².